The second kappa shape index (κ2) is 6.34. The van der Waals surface area contributed by atoms with E-state index in [0.29, 0.717) is 6.04 Å². The SMILES string of the molecule is CCCN1CCC(NC(=O)c2csc(C)c2)CC1. The molecule has 0 spiro atoms. The molecule has 1 fully saturated rings. The van der Waals surface area contributed by atoms with Crippen LogP contribution in [0.5, 0.6) is 0 Å². The van der Waals surface area contributed by atoms with Gasteiger partial charge in [-0.25, -0.2) is 0 Å². The first-order chi connectivity index (χ1) is 8.69. The van der Waals surface area contributed by atoms with E-state index in [0.717, 1.165) is 31.5 Å². The van der Waals surface area contributed by atoms with Crippen molar-refractivity contribution in [2.45, 2.75) is 39.2 Å². The molecule has 100 valence electrons. The largest absolute Gasteiger partial charge is 0.349 e. The summed E-state index contributed by atoms with van der Waals surface area (Å²) >= 11 is 1.63. The summed E-state index contributed by atoms with van der Waals surface area (Å²) in [5.41, 5.74) is 0.813. The monoisotopic (exact) mass is 266 g/mol. The van der Waals surface area contributed by atoms with Gasteiger partial charge in [-0.1, -0.05) is 6.92 Å². The van der Waals surface area contributed by atoms with Gasteiger partial charge in [0, 0.05) is 29.4 Å². The number of nitrogens with zero attached hydrogens (tertiary/aromatic N) is 1. The molecule has 1 aliphatic heterocycles. The predicted octanol–water partition coefficient (Wildman–Crippen LogP) is 2.66. The van der Waals surface area contributed by atoms with Crippen molar-refractivity contribution in [3.8, 4) is 0 Å². The van der Waals surface area contributed by atoms with Crippen molar-refractivity contribution >= 4 is 17.2 Å². The number of rotatable bonds is 4. The highest BCUT2D eigenvalue weighted by atomic mass is 32.1. The Kier molecular flexibility index (Phi) is 4.78. The summed E-state index contributed by atoms with van der Waals surface area (Å²) < 4.78 is 0. The van der Waals surface area contributed by atoms with E-state index in [1.807, 2.05) is 18.4 Å². The van der Waals surface area contributed by atoms with E-state index in [-0.39, 0.29) is 5.91 Å². The molecular weight excluding hydrogens is 244 g/mol. The van der Waals surface area contributed by atoms with Crippen LogP contribution in [0.2, 0.25) is 0 Å². The fourth-order valence-corrected chi connectivity index (χ4v) is 3.13. The maximum absolute atomic E-state index is 12.0. The van der Waals surface area contributed by atoms with E-state index < -0.39 is 0 Å². The molecule has 0 aromatic carbocycles. The Morgan fingerprint density at radius 3 is 2.78 bits per heavy atom. The van der Waals surface area contributed by atoms with E-state index >= 15 is 0 Å². The quantitative estimate of drug-likeness (QED) is 0.908. The molecule has 2 rings (SSSR count). The van der Waals surface area contributed by atoms with Gasteiger partial charge in [0.15, 0.2) is 0 Å². The van der Waals surface area contributed by atoms with Crippen molar-refractivity contribution in [1.82, 2.24) is 10.2 Å². The average Bonchev–Trinajstić information content (AvgIpc) is 2.79. The van der Waals surface area contributed by atoms with Crippen LogP contribution in [0.3, 0.4) is 0 Å². The average molecular weight is 266 g/mol. The third kappa shape index (κ3) is 3.56. The van der Waals surface area contributed by atoms with Crippen LogP contribution in [0.1, 0.15) is 41.4 Å². The fraction of sp³-hybridized carbons (Fsp3) is 0.643. The third-order valence-corrected chi connectivity index (χ3v) is 4.32. The van der Waals surface area contributed by atoms with Gasteiger partial charge in [0.25, 0.3) is 5.91 Å². The number of likely N-dealkylation sites (tertiary alicyclic amines) is 1. The van der Waals surface area contributed by atoms with Crippen molar-refractivity contribution < 1.29 is 4.79 Å². The summed E-state index contributed by atoms with van der Waals surface area (Å²) in [6.07, 6.45) is 3.37. The van der Waals surface area contributed by atoms with E-state index in [4.69, 9.17) is 0 Å². The first kappa shape index (κ1) is 13.6. The number of carbonyl (C=O) groups excluding carboxylic acids is 1. The molecular formula is C14H22N2OS. The zero-order valence-electron chi connectivity index (χ0n) is 11.2. The van der Waals surface area contributed by atoms with Crippen LogP contribution in [0.15, 0.2) is 11.4 Å². The Hall–Kier alpha value is -0.870. The maximum atomic E-state index is 12.0. The molecule has 1 aromatic heterocycles. The Balaban J connectivity index is 1.79. The molecule has 0 saturated carbocycles. The highest BCUT2D eigenvalue weighted by Crippen LogP contribution is 2.15. The number of thiophene rings is 1. The number of hydrogen-bond donors (Lipinski definition) is 1. The van der Waals surface area contributed by atoms with Gasteiger partial charge in [-0.05, 0) is 38.8 Å². The number of nitrogens with one attached hydrogen (secondary N) is 1. The van der Waals surface area contributed by atoms with Gasteiger partial charge in [0.05, 0.1) is 5.56 Å². The van der Waals surface area contributed by atoms with Gasteiger partial charge in [-0.3, -0.25) is 4.79 Å². The highest BCUT2D eigenvalue weighted by molar-refractivity contribution is 7.10. The normalized spacial score (nSPS) is 17.9. The highest BCUT2D eigenvalue weighted by Gasteiger charge is 2.20. The molecule has 0 unspecified atom stereocenters. The van der Waals surface area contributed by atoms with Crippen molar-refractivity contribution in [2.24, 2.45) is 0 Å². The van der Waals surface area contributed by atoms with Crippen molar-refractivity contribution in [3.63, 3.8) is 0 Å². The van der Waals surface area contributed by atoms with Crippen molar-refractivity contribution in [3.05, 3.63) is 21.9 Å². The Morgan fingerprint density at radius 1 is 1.50 bits per heavy atom. The Labute approximate surface area is 113 Å². The molecule has 1 aromatic rings. The lowest BCUT2D eigenvalue weighted by molar-refractivity contribution is 0.0911. The van der Waals surface area contributed by atoms with Crippen LogP contribution in [-0.2, 0) is 0 Å². The van der Waals surface area contributed by atoms with Crippen LogP contribution in [-0.4, -0.2) is 36.5 Å². The predicted molar refractivity (Wildman–Crippen MR) is 76.3 cm³/mol. The topological polar surface area (TPSA) is 32.3 Å². The number of piperidine rings is 1. The van der Waals surface area contributed by atoms with E-state index in [1.54, 1.807) is 11.3 Å². The smallest absolute Gasteiger partial charge is 0.252 e. The van der Waals surface area contributed by atoms with Crippen molar-refractivity contribution in [1.29, 1.82) is 0 Å². The molecule has 0 radical (unpaired) electrons. The molecule has 0 aliphatic carbocycles. The minimum atomic E-state index is 0.0910. The lowest BCUT2D eigenvalue weighted by Crippen LogP contribution is -2.44. The number of aryl methyl sites for hydroxylation is 1. The van der Waals surface area contributed by atoms with Gasteiger partial charge >= 0.3 is 0 Å². The van der Waals surface area contributed by atoms with Gasteiger partial charge in [-0.15, -0.1) is 11.3 Å². The number of amides is 1. The van der Waals surface area contributed by atoms with E-state index in [9.17, 15) is 4.79 Å². The molecule has 3 nitrogen and oxygen atoms in total. The van der Waals surface area contributed by atoms with Crippen LogP contribution in [0, 0.1) is 6.92 Å². The summed E-state index contributed by atoms with van der Waals surface area (Å²) in [5.74, 6) is 0.0910. The molecule has 1 saturated heterocycles. The minimum Gasteiger partial charge on any atom is -0.349 e. The van der Waals surface area contributed by atoms with Crippen molar-refractivity contribution in [2.75, 3.05) is 19.6 Å². The van der Waals surface area contributed by atoms with Gasteiger partial charge < -0.3 is 10.2 Å². The first-order valence-electron chi connectivity index (χ1n) is 6.77. The first-order valence-corrected chi connectivity index (χ1v) is 7.65. The molecule has 2 heterocycles. The van der Waals surface area contributed by atoms with E-state index in [2.05, 4.69) is 17.1 Å². The molecule has 1 N–H and O–H groups in total. The van der Waals surface area contributed by atoms with Gasteiger partial charge in [0.1, 0.15) is 0 Å². The van der Waals surface area contributed by atoms with Crippen LogP contribution in [0.25, 0.3) is 0 Å². The van der Waals surface area contributed by atoms with Crippen LogP contribution < -0.4 is 5.32 Å². The Morgan fingerprint density at radius 2 is 2.22 bits per heavy atom. The fourth-order valence-electron chi connectivity index (χ4n) is 2.45. The van der Waals surface area contributed by atoms with E-state index in [1.165, 1.54) is 17.8 Å². The lowest BCUT2D eigenvalue weighted by atomic mass is 10.0. The molecule has 1 amide bonds. The minimum absolute atomic E-state index is 0.0910. The zero-order chi connectivity index (χ0) is 13.0. The molecule has 0 atom stereocenters. The van der Waals surface area contributed by atoms with Gasteiger partial charge in [0.2, 0.25) is 0 Å². The summed E-state index contributed by atoms with van der Waals surface area (Å²) in [7, 11) is 0. The molecule has 18 heavy (non-hydrogen) atoms. The van der Waals surface area contributed by atoms with Crippen LogP contribution in [0.4, 0.5) is 0 Å². The lowest BCUT2D eigenvalue weighted by Gasteiger charge is -2.32. The third-order valence-electron chi connectivity index (χ3n) is 3.46. The molecule has 0 bridgehead atoms. The second-order valence-corrected chi connectivity index (χ2v) is 6.15. The standard InChI is InChI=1S/C14H22N2OS/c1-3-6-16-7-4-13(5-8-16)15-14(17)12-9-11(2)18-10-12/h9-10,13H,3-8H2,1-2H3,(H,15,17). The second-order valence-electron chi connectivity index (χ2n) is 5.04. The maximum Gasteiger partial charge on any atom is 0.252 e. The zero-order valence-corrected chi connectivity index (χ0v) is 12.1. The Bertz CT molecular complexity index is 394. The van der Waals surface area contributed by atoms with Gasteiger partial charge in [-0.2, -0.15) is 0 Å². The number of hydrogen-bond acceptors (Lipinski definition) is 3. The summed E-state index contributed by atoms with van der Waals surface area (Å²) in [4.78, 5) is 15.7. The molecule has 4 heteroatoms. The summed E-state index contributed by atoms with van der Waals surface area (Å²) in [5, 5.41) is 5.09. The summed E-state index contributed by atoms with van der Waals surface area (Å²) in [6.45, 7) is 7.66. The van der Waals surface area contributed by atoms with Crippen LogP contribution >= 0.6 is 11.3 Å². The number of carbonyl (C=O) groups is 1. The summed E-state index contributed by atoms with van der Waals surface area (Å²) in [6, 6.07) is 2.32. The molecule has 1 aliphatic rings.